The number of aromatic hydroxyl groups is 1. The number of phenols is 1. The molecule has 0 radical (unpaired) electrons. The Hall–Kier alpha value is -2.49. The topological polar surface area (TPSA) is 58.6 Å². The number of phenolic OH excluding ortho intramolecular Hbond substituents is 1. The molecule has 0 aliphatic heterocycles. The van der Waals surface area contributed by atoms with Gasteiger partial charge in [0.15, 0.2) is 0 Å². The SMILES string of the molecule is COC(=O)c1ccccc1NC1CCc2c(O)cccc21. The number of esters is 1. The van der Waals surface area contributed by atoms with E-state index >= 15 is 0 Å². The molecule has 0 amide bonds. The van der Waals surface area contributed by atoms with Crippen molar-refractivity contribution in [1.82, 2.24) is 0 Å². The van der Waals surface area contributed by atoms with Crippen molar-refractivity contribution in [3.63, 3.8) is 0 Å². The molecule has 1 atom stereocenters. The fraction of sp³-hybridized carbons (Fsp3) is 0.235. The van der Waals surface area contributed by atoms with Crippen LogP contribution in [0.1, 0.15) is 33.9 Å². The summed E-state index contributed by atoms with van der Waals surface area (Å²) in [6.45, 7) is 0. The lowest BCUT2D eigenvalue weighted by Crippen LogP contribution is -2.12. The second-order valence-corrected chi connectivity index (χ2v) is 5.12. The molecule has 2 aromatic carbocycles. The summed E-state index contributed by atoms with van der Waals surface area (Å²) < 4.78 is 4.81. The van der Waals surface area contributed by atoms with Crippen molar-refractivity contribution >= 4 is 11.7 Å². The highest BCUT2D eigenvalue weighted by Gasteiger charge is 2.25. The van der Waals surface area contributed by atoms with Crippen LogP contribution < -0.4 is 5.32 Å². The lowest BCUT2D eigenvalue weighted by molar-refractivity contribution is 0.0602. The van der Waals surface area contributed by atoms with Gasteiger partial charge in [-0.25, -0.2) is 4.79 Å². The molecule has 2 N–H and O–H groups in total. The molecule has 0 saturated carbocycles. The molecule has 0 heterocycles. The lowest BCUT2D eigenvalue weighted by Gasteiger charge is -2.17. The van der Waals surface area contributed by atoms with Crippen LogP contribution in [0.25, 0.3) is 0 Å². The molecule has 0 spiro atoms. The molecule has 1 unspecified atom stereocenters. The minimum Gasteiger partial charge on any atom is -0.508 e. The summed E-state index contributed by atoms with van der Waals surface area (Å²) in [4.78, 5) is 11.8. The fourth-order valence-electron chi connectivity index (χ4n) is 2.87. The summed E-state index contributed by atoms with van der Waals surface area (Å²) in [5.41, 5.74) is 3.36. The molecular formula is C17H17NO3. The van der Waals surface area contributed by atoms with Crippen LogP contribution in [-0.2, 0) is 11.2 Å². The second kappa shape index (κ2) is 5.48. The van der Waals surface area contributed by atoms with Crippen LogP contribution >= 0.6 is 0 Å². The Labute approximate surface area is 123 Å². The van der Waals surface area contributed by atoms with E-state index in [1.807, 2.05) is 30.3 Å². The standard InChI is InChI=1S/C17H17NO3/c1-21-17(20)13-5-2-3-7-14(13)18-15-10-9-12-11(15)6-4-8-16(12)19/h2-8,15,18-19H,9-10H2,1H3. The summed E-state index contributed by atoms with van der Waals surface area (Å²) >= 11 is 0. The van der Waals surface area contributed by atoms with Gasteiger partial charge in [0.1, 0.15) is 5.75 Å². The molecule has 0 saturated heterocycles. The number of hydrogen-bond donors (Lipinski definition) is 2. The maximum atomic E-state index is 11.8. The molecule has 108 valence electrons. The first-order valence-electron chi connectivity index (χ1n) is 6.95. The predicted octanol–water partition coefficient (Wildman–Crippen LogP) is 3.28. The van der Waals surface area contributed by atoms with Crippen molar-refractivity contribution in [2.45, 2.75) is 18.9 Å². The van der Waals surface area contributed by atoms with Gasteiger partial charge in [-0.15, -0.1) is 0 Å². The van der Waals surface area contributed by atoms with Crippen molar-refractivity contribution in [2.24, 2.45) is 0 Å². The Morgan fingerprint density at radius 1 is 1.24 bits per heavy atom. The van der Waals surface area contributed by atoms with Gasteiger partial charge in [-0.3, -0.25) is 0 Å². The summed E-state index contributed by atoms with van der Waals surface area (Å²) in [6, 6.07) is 13.0. The van der Waals surface area contributed by atoms with Crippen LogP contribution in [-0.4, -0.2) is 18.2 Å². The first-order valence-corrected chi connectivity index (χ1v) is 6.95. The van der Waals surface area contributed by atoms with Gasteiger partial charge in [-0.05, 0) is 42.2 Å². The van der Waals surface area contributed by atoms with E-state index in [2.05, 4.69) is 5.32 Å². The quantitative estimate of drug-likeness (QED) is 0.849. The highest BCUT2D eigenvalue weighted by atomic mass is 16.5. The second-order valence-electron chi connectivity index (χ2n) is 5.12. The Morgan fingerprint density at radius 3 is 2.86 bits per heavy atom. The van der Waals surface area contributed by atoms with E-state index in [4.69, 9.17) is 4.74 Å². The highest BCUT2D eigenvalue weighted by Crippen LogP contribution is 2.38. The first kappa shape index (κ1) is 13.5. The van der Waals surface area contributed by atoms with E-state index in [-0.39, 0.29) is 12.0 Å². The highest BCUT2D eigenvalue weighted by molar-refractivity contribution is 5.95. The lowest BCUT2D eigenvalue weighted by atomic mass is 10.1. The van der Waals surface area contributed by atoms with Crippen molar-refractivity contribution in [2.75, 3.05) is 12.4 Å². The normalized spacial score (nSPS) is 16.3. The Morgan fingerprint density at radius 2 is 2.05 bits per heavy atom. The van der Waals surface area contributed by atoms with Gasteiger partial charge in [0, 0.05) is 5.69 Å². The molecular weight excluding hydrogens is 266 g/mol. The van der Waals surface area contributed by atoms with Crippen molar-refractivity contribution in [1.29, 1.82) is 0 Å². The third-order valence-electron chi connectivity index (χ3n) is 3.91. The van der Waals surface area contributed by atoms with E-state index in [1.165, 1.54) is 7.11 Å². The summed E-state index contributed by atoms with van der Waals surface area (Å²) in [5.74, 6) is -0.00900. The largest absolute Gasteiger partial charge is 0.508 e. The monoisotopic (exact) mass is 283 g/mol. The molecule has 4 heteroatoms. The molecule has 1 aliphatic rings. The summed E-state index contributed by atoms with van der Waals surface area (Å²) in [7, 11) is 1.38. The van der Waals surface area contributed by atoms with Crippen LogP contribution in [0.3, 0.4) is 0 Å². The number of ether oxygens (including phenoxy) is 1. The van der Waals surface area contributed by atoms with Crippen molar-refractivity contribution in [3.05, 3.63) is 59.2 Å². The van der Waals surface area contributed by atoms with E-state index in [0.717, 1.165) is 29.7 Å². The van der Waals surface area contributed by atoms with Gasteiger partial charge >= 0.3 is 5.97 Å². The third-order valence-corrected chi connectivity index (χ3v) is 3.91. The smallest absolute Gasteiger partial charge is 0.339 e. The van der Waals surface area contributed by atoms with Crippen LogP contribution in [0.15, 0.2) is 42.5 Å². The molecule has 4 nitrogen and oxygen atoms in total. The minimum absolute atomic E-state index is 0.0953. The van der Waals surface area contributed by atoms with E-state index in [1.54, 1.807) is 12.1 Å². The van der Waals surface area contributed by atoms with Crippen LogP contribution in [0.5, 0.6) is 5.75 Å². The van der Waals surface area contributed by atoms with Gasteiger partial charge in [0.2, 0.25) is 0 Å². The van der Waals surface area contributed by atoms with Crippen molar-refractivity contribution < 1.29 is 14.6 Å². The maximum absolute atomic E-state index is 11.8. The molecule has 3 rings (SSSR count). The number of para-hydroxylation sites is 1. The van der Waals surface area contributed by atoms with Gasteiger partial charge in [-0.2, -0.15) is 0 Å². The van der Waals surface area contributed by atoms with E-state index in [0.29, 0.717) is 11.3 Å². The van der Waals surface area contributed by atoms with Gasteiger partial charge in [0.25, 0.3) is 0 Å². The maximum Gasteiger partial charge on any atom is 0.339 e. The average Bonchev–Trinajstić information content (AvgIpc) is 2.92. The Balaban J connectivity index is 1.90. The number of benzene rings is 2. The molecule has 2 aromatic rings. The number of carbonyl (C=O) groups excluding carboxylic acids is 1. The molecule has 0 bridgehead atoms. The number of carbonyl (C=O) groups is 1. The summed E-state index contributed by atoms with van der Waals surface area (Å²) in [6.07, 6.45) is 1.72. The van der Waals surface area contributed by atoms with E-state index < -0.39 is 0 Å². The average molecular weight is 283 g/mol. The Bertz CT molecular complexity index is 681. The zero-order valence-electron chi connectivity index (χ0n) is 11.8. The number of fused-ring (bicyclic) bond motifs is 1. The van der Waals surface area contributed by atoms with Crippen LogP contribution in [0.4, 0.5) is 5.69 Å². The minimum atomic E-state index is -0.354. The third kappa shape index (κ3) is 2.44. The first-order chi connectivity index (χ1) is 10.2. The van der Waals surface area contributed by atoms with Gasteiger partial charge < -0.3 is 15.2 Å². The zero-order chi connectivity index (χ0) is 14.8. The molecule has 21 heavy (non-hydrogen) atoms. The number of nitrogens with one attached hydrogen (secondary N) is 1. The zero-order valence-corrected chi connectivity index (χ0v) is 11.8. The van der Waals surface area contributed by atoms with Crippen LogP contribution in [0, 0.1) is 0 Å². The number of methoxy groups -OCH3 is 1. The molecule has 0 aromatic heterocycles. The van der Waals surface area contributed by atoms with E-state index in [9.17, 15) is 9.90 Å². The molecule has 1 aliphatic carbocycles. The van der Waals surface area contributed by atoms with Crippen molar-refractivity contribution in [3.8, 4) is 5.75 Å². The van der Waals surface area contributed by atoms with Crippen LogP contribution in [0.2, 0.25) is 0 Å². The Kier molecular flexibility index (Phi) is 3.52. The fourth-order valence-corrected chi connectivity index (χ4v) is 2.87. The molecule has 0 fully saturated rings. The summed E-state index contributed by atoms with van der Waals surface area (Å²) in [5, 5.41) is 13.3. The number of anilines is 1. The number of rotatable bonds is 3. The number of hydrogen-bond acceptors (Lipinski definition) is 4. The van der Waals surface area contributed by atoms with Gasteiger partial charge in [-0.1, -0.05) is 24.3 Å². The van der Waals surface area contributed by atoms with Gasteiger partial charge in [0.05, 0.1) is 18.7 Å². The predicted molar refractivity (Wildman–Crippen MR) is 80.6 cm³/mol.